The Balaban J connectivity index is 3.65. The van der Waals surface area contributed by atoms with Crippen LogP contribution in [0.15, 0.2) is 23.8 Å². The van der Waals surface area contributed by atoms with Crippen molar-refractivity contribution in [2.75, 3.05) is 6.61 Å². The fraction of sp³-hybridized carbons (Fsp3) is 0.500. The van der Waals surface area contributed by atoms with Crippen molar-refractivity contribution in [1.82, 2.24) is 0 Å². The number of rotatable bonds is 4. The van der Waals surface area contributed by atoms with Crippen LogP contribution in [0.1, 0.15) is 27.2 Å². The fourth-order valence-corrected chi connectivity index (χ4v) is 0.590. The maximum atomic E-state index is 11.0. The van der Waals surface area contributed by atoms with Gasteiger partial charge in [-0.15, -0.1) is 0 Å². The highest BCUT2D eigenvalue weighted by molar-refractivity contribution is 5.87. The van der Waals surface area contributed by atoms with Crippen molar-refractivity contribution >= 4 is 5.97 Å². The number of carbonyl (C=O) groups excluding carboxylic acids is 1. The highest BCUT2D eigenvalue weighted by Gasteiger charge is 2.01. The number of esters is 1. The highest BCUT2D eigenvalue weighted by Crippen LogP contribution is 1.95. The largest absolute Gasteiger partial charge is 0.458 e. The molecule has 0 aliphatic carbocycles. The van der Waals surface area contributed by atoms with E-state index in [2.05, 4.69) is 0 Å². The lowest BCUT2D eigenvalue weighted by molar-refractivity contribution is -0.137. The first kappa shape index (κ1) is 11.0. The normalized spacial score (nSPS) is 12.1. The molecule has 0 aliphatic heterocycles. The van der Waals surface area contributed by atoms with E-state index in [9.17, 15) is 4.79 Å². The van der Waals surface area contributed by atoms with Gasteiger partial charge in [-0.2, -0.15) is 0 Å². The van der Waals surface area contributed by atoms with Crippen LogP contribution < -0.4 is 0 Å². The molecule has 0 aliphatic rings. The SMILES string of the molecule is C/C=C(\C)C(=O)OC/C=C\CC. The molecule has 0 saturated carbocycles. The van der Waals surface area contributed by atoms with Gasteiger partial charge in [-0.05, 0) is 20.3 Å². The Bertz CT molecular complexity index is 190. The van der Waals surface area contributed by atoms with E-state index in [-0.39, 0.29) is 5.97 Å². The summed E-state index contributed by atoms with van der Waals surface area (Å²) < 4.78 is 4.90. The van der Waals surface area contributed by atoms with E-state index in [1.165, 1.54) is 0 Å². The van der Waals surface area contributed by atoms with Gasteiger partial charge in [0.05, 0.1) is 0 Å². The van der Waals surface area contributed by atoms with Gasteiger partial charge in [0.25, 0.3) is 0 Å². The summed E-state index contributed by atoms with van der Waals surface area (Å²) in [5, 5.41) is 0. The molecule has 0 spiro atoms. The van der Waals surface area contributed by atoms with Gasteiger partial charge in [-0.1, -0.05) is 25.2 Å². The molecule has 0 bridgehead atoms. The molecule has 0 heterocycles. The van der Waals surface area contributed by atoms with Crippen molar-refractivity contribution in [1.29, 1.82) is 0 Å². The van der Waals surface area contributed by atoms with Gasteiger partial charge in [0.1, 0.15) is 6.61 Å². The van der Waals surface area contributed by atoms with E-state index in [0.717, 1.165) is 6.42 Å². The van der Waals surface area contributed by atoms with Crippen LogP contribution in [0.3, 0.4) is 0 Å². The van der Waals surface area contributed by atoms with Gasteiger partial charge >= 0.3 is 5.97 Å². The Labute approximate surface area is 73.9 Å². The van der Waals surface area contributed by atoms with Crippen molar-refractivity contribution in [2.24, 2.45) is 0 Å². The van der Waals surface area contributed by atoms with Crippen LogP contribution in [0.4, 0.5) is 0 Å². The molecule has 0 atom stereocenters. The zero-order chi connectivity index (χ0) is 9.40. The molecule has 0 aromatic rings. The highest BCUT2D eigenvalue weighted by atomic mass is 16.5. The molecule has 2 nitrogen and oxygen atoms in total. The van der Waals surface area contributed by atoms with Crippen LogP contribution in [0, 0.1) is 0 Å². The summed E-state index contributed by atoms with van der Waals surface area (Å²) in [5.41, 5.74) is 0.653. The number of ether oxygens (including phenoxy) is 1. The Morgan fingerprint density at radius 2 is 2.08 bits per heavy atom. The molecule has 0 amide bonds. The maximum absolute atomic E-state index is 11.0. The summed E-state index contributed by atoms with van der Waals surface area (Å²) >= 11 is 0. The molecule has 0 unspecified atom stereocenters. The van der Waals surface area contributed by atoms with Gasteiger partial charge in [-0.3, -0.25) is 0 Å². The van der Waals surface area contributed by atoms with Gasteiger partial charge in [0, 0.05) is 5.57 Å². The molecule has 0 rings (SSSR count). The van der Waals surface area contributed by atoms with Crippen molar-refractivity contribution in [3.05, 3.63) is 23.8 Å². The first-order valence-electron chi connectivity index (χ1n) is 4.17. The topological polar surface area (TPSA) is 26.3 Å². The summed E-state index contributed by atoms with van der Waals surface area (Å²) in [6.07, 6.45) is 6.53. The van der Waals surface area contributed by atoms with E-state index in [4.69, 9.17) is 4.74 Å². The van der Waals surface area contributed by atoms with E-state index in [0.29, 0.717) is 12.2 Å². The second kappa shape index (κ2) is 6.65. The molecule has 0 fully saturated rings. The molecular weight excluding hydrogens is 152 g/mol. The third-order valence-corrected chi connectivity index (χ3v) is 1.47. The molecule has 12 heavy (non-hydrogen) atoms. The lowest BCUT2D eigenvalue weighted by atomic mass is 10.3. The Kier molecular flexibility index (Phi) is 6.07. The predicted octanol–water partition coefficient (Wildman–Crippen LogP) is 2.46. The average molecular weight is 168 g/mol. The van der Waals surface area contributed by atoms with Crippen molar-refractivity contribution < 1.29 is 9.53 Å². The molecule has 0 radical (unpaired) electrons. The Hall–Kier alpha value is -1.05. The summed E-state index contributed by atoms with van der Waals surface area (Å²) in [6, 6.07) is 0. The molecular formula is C10H16O2. The smallest absolute Gasteiger partial charge is 0.333 e. The fourth-order valence-electron chi connectivity index (χ4n) is 0.590. The van der Waals surface area contributed by atoms with E-state index >= 15 is 0 Å². The van der Waals surface area contributed by atoms with Crippen LogP contribution in [0.25, 0.3) is 0 Å². The molecule has 0 N–H and O–H groups in total. The molecule has 2 heteroatoms. The monoisotopic (exact) mass is 168 g/mol. The van der Waals surface area contributed by atoms with E-state index in [1.807, 2.05) is 26.0 Å². The second-order valence-electron chi connectivity index (χ2n) is 2.45. The minimum absolute atomic E-state index is 0.238. The third-order valence-electron chi connectivity index (χ3n) is 1.47. The zero-order valence-electron chi connectivity index (χ0n) is 7.96. The number of carbonyl (C=O) groups is 1. The van der Waals surface area contributed by atoms with Crippen LogP contribution in [0.2, 0.25) is 0 Å². The van der Waals surface area contributed by atoms with Gasteiger partial charge in [0.15, 0.2) is 0 Å². The van der Waals surface area contributed by atoms with Crippen molar-refractivity contribution in [3.8, 4) is 0 Å². The standard InChI is InChI=1S/C10H16O2/c1-4-6-7-8-12-10(11)9(3)5-2/h5-7H,4,8H2,1-3H3/b7-6-,9-5+. The number of allylic oxidation sites excluding steroid dienone is 2. The number of hydrogen-bond donors (Lipinski definition) is 0. The van der Waals surface area contributed by atoms with Crippen molar-refractivity contribution in [3.63, 3.8) is 0 Å². The van der Waals surface area contributed by atoms with Crippen LogP contribution in [-0.2, 0) is 9.53 Å². The van der Waals surface area contributed by atoms with Gasteiger partial charge in [-0.25, -0.2) is 4.79 Å². The first-order valence-corrected chi connectivity index (χ1v) is 4.17. The molecule has 68 valence electrons. The minimum Gasteiger partial charge on any atom is -0.458 e. The Morgan fingerprint density at radius 1 is 1.42 bits per heavy atom. The number of hydrogen-bond acceptors (Lipinski definition) is 2. The summed E-state index contributed by atoms with van der Waals surface area (Å²) in [5.74, 6) is -0.238. The molecule has 0 saturated heterocycles. The second-order valence-corrected chi connectivity index (χ2v) is 2.45. The molecule has 0 aromatic carbocycles. The van der Waals surface area contributed by atoms with E-state index in [1.54, 1.807) is 13.0 Å². The minimum atomic E-state index is -0.238. The average Bonchev–Trinajstić information content (AvgIpc) is 2.10. The summed E-state index contributed by atoms with van der Waals surface area (Å²) in [4.78, 5) is 11.0. The van der Waals surface area contributed by atoms with Crippen LogP contribution >= 0.6 is 0 Å². The molecule has 0 aromatic heterocycles. The maximum Gasteiger partial charge on any atom is 0.333 e. The zero-order valence-corrected chi connectivity index (χ0v) is 7.96. The van der Waals surface area contributed by atoms with Gasteiger partial charge < -0.3 is 4.74 Å². The first-order chi connectivity index (χ1) is 5.72. The Morgan fingerprint density at radius 3 is 2.58 bits per heavy atom. The van der Waals surface area contributed by atoms with Crippen molar-refractivity contribution in [2.45, 2.75) is 27.2 Å². The lowest BCUT2D eigenvalue weighted by Crippen LogP contribution is -2.05. The van der Waals surface area contributed by atoms with Crippen LogP contribution in [0.5, 0.6) is 0 Å². The lowest BCUT2D eigenvalue weighted by Gasteiger charge is -1.99. The summed E-state index contributed by atoms with van der Waals surface area (Å²) in [7, 11) is 0. The van der Waals surface area contributed by atoms with Crippen LogP contribution in [-0.4, -0.2) is 12.6 Å². The van der Waals surface area contributed by atoms with E-state index < -0.39 is 0 Å². The quantitative estimate of drug-likeness (QED) is 0.366. The predicted molar refractivity (Wildman–Crippen MR) is 49.8 cm³/mol. The summed E-state index contributed by atoms with van der Waals surface area (Å²) in [6.45, 7) is 5.97. The third kappa shape index (κ3) is 4.72. The van der Waals surface area contributed by atoms with Gasteiger partial charge in [0.2, 0.25) is 0 Å².